The normalized spacial score (nSPS) is 15.1. The van der Waals surface area contributed by atoms with Crippen molar-refractivity contribution in [1.29, 1.82) is 0 Å². The van der Waals surface area contributed by atoms with Crippen molar-refractivity contribution < 1.29 is 28.5 Å². The van der Waals surface area contributed by atoms with E-state index in [-0.39, 0.29) is 13.6 Å². The summed E-state index contributed by atoms with van der Waals surface area (Å²) in [6.07, 6.45) is 3.42. The summed E-state index contributed by atoms with van der Waals surface area (Å²) >= 11 is 0. The third-order valence-corrected chi connectivity index (χ3v) is 4.47. The van der Waals surface area contributed by atoms with Gasteiger partial charge in [-0.05, 0) is 47.9 Å². The summed E-state index contributed by atoms with van der Waals surface area (Å²) in [7, 11) is 0. The first-order valence-electron chi connectivity index (χ1n) is 8.66. The van der Waals surface area contributed by atoms with Gasteiger partial charge in [0.15, 0.2) is 23.0 Å². The van der Waals surface area contributed by atoms with E-state index in [0.29, 0.717) is 47.9 Å². The lowest BCUT2D eigenvalue weighted by Crippen LogP contribution is -2.37. The Morgan fingerprint density at radius 1 is 0.893 bits per heavy atom. The highest BCUT2D eigenvalue weighted by Crippen LogP contribution is 2.34. The van der Waals surface area contributed by atoms with Crippen LogP contribution in [0.3, 0.4) is 0 Å². The highest BCUT2D eigenvalue weighted by atomic mass is 16.7. The molecule has 0 fully saturated rings. The maximum atomic E-state index is 11.2. The van der Waals surface area contributed by atoms with E-state index in [1.807, 2.05) is 30.3 Å². The van der Waals surface area contributed by atoms with Crippen molar-refractivity contribution >= 4 is 18.9 Å². The van der Waals surface area contributed by atoms with Gasteiger partial charge in [0.1, 0.15) is 0 Å². The Bertz CT molecular complexity index is 927. The largest absolute Gasteiger partial charge is 0.454 e. The number of rotatable bonds is 8. The molecular weight excluding hydrogens is 364 g/mol. The monoisotopic (exact) mass is 382 g/mol. The zero-order valence-electron chi connectivity index (χ0n) is 14.8. The number of nitrogens with one attached hydrogen (secondary N) is 2. The highest BCUT2D eigenvalue weighted by Gasteiger charge is 2.19. The molecule has 2 N–H and O–H groups in total. The van der Waals surface area contributed by atoms with Crippen molar-refractivity contribution in [2.75, 3.05) is 13.6 Å². The summed E-state index contributed by atoms with van der Waals surface area (Å²) < 4.78 is 21.4. The molecule has 0 bridgehead atoms. The van der Waals surface area contributed by atoms with Gasteiger partial charge < -0.3 is 29.6 Å². The molecule has 8 heteroatoms. The molecule has 0 saturated carbocycles. The van der Waals surface area contributed by atoms with Gasteiger partial charge in [-0.25, -0.2) is 0 Å². The molecule has 0 radical (unpaired) electrons. The molecule has 0 saturated heterocycles. The van der Waals surface area contributed by atoms with E-state index in [2.05, 4.69) is 10.6 Å². The standard InChI is InChI=1S/C20H18N2O6/c23-9-21-15(5-13-1-3-17-19(7-13)27-11-25-17)16(22-10-24)6-14-2-4-18-20(8-14)28-12-26-18/h1-5,7-10,16H,6,11-12H2,(H,21,23)(H,22,24)/b15-5-. The SMILES string of the molecule is O=CN/C(=C\c1ccc2c(c1)OCO2)C(Cc1ccc2c(c1)OCO2)NC=O. The van der Waals surface area contributed by atoms with Gasteiger partial charge in [0.2, 0.25) is 26.4 Å². The van der Waals surface area contributed by atoms with Gasteiger partial charge in [-0.1, -0.05) is 12.1 Å². The molecule has 2 aliphatic heterocycles. The maximum absolute atomic E-state index is 11.2. The van der Waals surface area contributed by atoms with Crippen LogP contribution in [0.2, 0.25) is 0 Å². The number of hydrogen-bond acceptors (Lipinski definition) is 6. The number of ether oxygens (including phenoxy) is 4. The van der Waals surface area contributed by atoms with Crippen LogP contribution in [0, 0.1) is 0 Å². The average molecular weight is 382 g/mol. The molecule has 0 aliphatic carbocycles. The quantitative estimate of drug-likeness (QED) is 0.674. The van der Waals surface area contributed by atoms with E-state index < -0.39 is 6.04 Å². The summed E-state index contributed by atoms with van der Waals surface area (Å²) in [6.45, 7) is 0.373. The smallest absolute Gasteiger partial charge is 0.231 e. The van der Waals surface area contributed by atoms with Crippen LogP contribution in [-0.4, -0.2) is 32.4 Å². The van der Waals surface area contributed by atoms with Crippen LogP contribution in [-0.2, 0) is 16.0 Å². The van der Waals surface area contributed by atoms with Crippen LogP contribution >= 0.6 is 0 Å². The molecule has 144 valence electrons. The van der Waals surface area contributed by atoms with Crippen molar-refractivity contribution in [1.82, 2.24) is 10.6 Å². The van der Waals surface area contributed by atoms with E-state index in [0.717, 1.165) is 11.1 Å². The molecule has 1 atom stereocenters. The van der Waals surface area contributed by atoms with Crippen LogP contribution in [0.15, 0.2) is 42.1 Å². The molecule has 2 aromatic carbocycles. The first-order chi connectivity index (χ1) is 13.8. The van der Waals surface area contributed by atoms with Gasteiger partial charge in [0.05, 0.1) is 6.04 Å². The zero-order chi connectivity index (χ0) is 19.3. The molecule has 8 nitrogen and oxygen atoms in total. The summed E-state index contributed by atoms with van der Waals surface area (Å²) in [6, 6.07) is 10.6. The topological polar surface area (TPSA) is 95.1 Å². The van der Waals surface area contributed by atoms with E-state index in [9.17, 15) is 9.59 Å². The molecule has 1 unspecified atom stereocenters. The highest BCUT2D eigenvalue weighted by molar-refractivity contribution is 5.64. The second-order valence-electron chi connectivity index (χ2n) is 6.20. The number of benzene rings is 2. The molecular formula is C20H18N2O6. The Kier molecular flexibility index (Phi) is 5.01. The molecule has 2 amide bonds. The van der Waals surface area contributed by atoms with E-state index >= 15 is 0 Å². The fourth-order valence-corrected chi connectivity index (χ4v) is 3.14. The Morgan fingerprint density at radius 2 is 1.57 bits per heavy atom. The molecule has 28 heavy (non-hydrogen) atoms. The maximum Gasteiger partial charge on any atom is 0.231 e. The van der Waals surface area contributed by atoms with Crippen molar-refractivity contribution in [2.45, 2.75) is 12.5 Å². The minimum absolute atomic E-state index is 0.182. The Balaban J connectivity index is 1.60. The summed E-state index contributed by atoms with van der Waals surface area (Å²) in [4.78, 5) is 22.3. The van der Waals surface area contributed by atoms with Gasteiger partial charge >= 0.3 is 0 Å². The zero-order valence-corrected chi connectivity index (χ0v) is 14.8. The van der Waals surface area contributed by atoms with Gasteiger partial charge in [-0.2, -0.15) is 0 Å². The second kappa shape index (κ2) is 7.91. The van der Waals surface area contributed by atoms with Gasteiger partial charge in [-0.15, -0.1) is 0 Å². The lowest BCUT2D eigenvalue weighted by molar-refractivity contribution is -0.111. The minimum atomic E-state index is -0.450. The van der Waals surface area contributed by atoms with Crippen LogP contribution < -0.4 is 29.6 Å². The predicted molar refractivity (Wildman–Crippen MR) is 99.0 cm³/mol. The van der Waals surface area contributed by atoms with Crippen LogP contribution in [0.5, 0.6) is 23.0 Å². The summed E-state index contributed by atoms with van der Waals surface area (Å²) in [5, 5.41) is 5.45. The lowest BCUT2D eigenvalue weighted by Gasteiger charge is -2.20. The number of amides is 2. The van der Waals surface area contributed by atoms with Crippen LogP contribution in [0.1, 0.15) is 11.1 Å². The Labute approximate surface area is 161 Å². The van der Waals surface area contributed by atoms with E-state index in [1.165, 1.54) is 0 Å². The Hall–Kier alpha value is -3.68. The summed E-state index contributed by atoms with van der Waals surface area (Å²) in [5.41, 5.74) is 2.27. The lowest BCUT2D eigenvalue weighted by atomic mass is 10.0. The van der Waals surface area contributed by atoms with Crippen molar-refractivity contribution in [2.24, 2.45) is 0 Å². The predicted octanol–water partition coefficient (Wildman–Crippen LogP) is 1.59. The van der Waals surface area contributed by atoms with Gasteiger partial charge in [0, 0.05) is 5.70 Å². The van der Waals surface area contributed by atoms with Gasteiger partial charge in [-0.3, -0.25) is 9.59 Å². The van der Waals surface area contributed by atoms with Crippen LogP contribution in [0.4, 0.5) is 0 Å². The van der Waals surface area contributed by atoms with E-state index in [4.69, 9.17) is 18.9 Å². The minimum Gasteiger partial charge on any atom is -0.454 e. The number of carbonyl (C=O) groups is 2. The fourth-order valence-electron chi connectivity index (χ4n) is 3.14. The molecule has 2 heterocycles. The fraction of sp³-hybridized carbons (Fsp3) is 0.200. The average Bonchev–Trinajstić information content (AvgIpc) is 3.35. The second-order valence-corrected chi connectivity index (χ2v) is 6.20. The number of hydrogen-bond donors (Lipinski definition) is 2. The van der Waals surface area contributed by atoms with Gasteiger partial charge in [0.25, 0.3) is 0 Å². The first kappa shape index (κ1) is 17.7. The molecule has 0 spiro atoms. The third kappa shape index (κ3) is 3.71. The molecule has 2 aliphatic rings. The molecule has 2 aromatic rings. The van der Waals surface area contributed by atoms with Crippen molar-refractivity contribution in [3.63, 3.8) is 0 Å². The molecule has 4 rings (SSSR count). The van der Waals surface area contributed by atoms with Crippen LogP contribution in [0.25, 0.3) is 6.08 Å². The number of carbonyl (C=O) groups excluding carboxylic acids is 2. The Morgan fingerprint density at radius 3 is 2.29 bits per heavy atom. The van der Waals surface area contributed by atoms with E-state index in [1.54, 1.807) is 12.1 Å². The van der Waals surface area contributed by atoms with Crippen molar-refractivity contribution in [3.05, 3.63) is 53.2 Å². The first-order valence-corrected chi connectivity index (χ1v) is 8.66. The number of fused-ring (bicyclic) bond motifs is 2. The molecule has 0 aromatic heterocycles. The third-order valence-electron chi connectivity index (χ3n) is 4.47. The summed E-state index contributed by atoms with van der Waals surface area (Å²) in [5.74, 6) is 2.65. The van der Waals surface area contributed by atoms with Crippen molar-refractivity contribution in [3.8, 4) is 23.0 Å².